The van der Waals surface area contributed by atoms with Crippen LogP contribution in [0.15, 0.2) is 53.5 Å². The van der Waals surface area contributed by atoms with E-state index in [9.17, 15) is 9.59 Å². The van der Waals surface area contributed by atoms with Gasteiger partial charge in [-0.3, -0.25) is 4.79 Å². The molecule has 6 nitrogen and oxygen atoms in total. The number of hydrogen-bond donors (Lipinski definition) is 1. The minimum absolute atomic E-state index is 0.334. The Kier molecular flexibility index (Phi) is 5.37. The molecule has 0 aliphatic rings. The lowest BCUT2D eigenvalue weighted by Gasteiger charge is -2.15. The number of aromatic nitrogens is 3. The molecule has 1 atom stereocenters. The highest BCUT2D eigenvalue weighted by molar-refractivity contribution is 6.30. The lowest BCUT2D eigenvalue weighted by atomic mass is 10.1. The van der Waals surface area contributed by atoms with Crippen molar-refractivity contribution < 1.29 is 4.79 Å². The number of aryl methyl sites for hydroxylation is 2. The number of rotatable bonds is 4. The molecule has 0 saturated carbocycles. The molecule has 1 amide bonds. The molecule has 1 heterocycles. The summed E-state index contributed by atoms with van der Waals surface area (Å²) in [6.45, 7) is 5.47. The van der Waals surface area contributed by atoms with Crippen LogP contribution < -0.4 is 11.0 Å². The van der Waals surface area contributed by atoms with Crippen molar-refractivity contribution in [1.29, 1.82) is 0 Å². The molecule has 0 radical (unpaired) electrons. The van der Waals surface area contributed by atoms with Crippen molar-refractivity contribution in [2.45, 2.75) is 26.8 Å². The van der Waals surface area contributed by atoms with Crippen molar-refractivity contribution >= 4 is 23.2 Å². The number of nitrogens with one attached hydrogen (secondary N) is 1. The van der Waals surface area contributed by atoms with Crippen LogP contribution in [0, 0.1) is 13.8 Å². The number of amides is 1. The van der Waals surface area contributed by atoms with Gasteiger partial charge in [-0.1, -0.05) is 35.9 Å². The lowest BCUT2D eigenvalue weighted by molar-refractivity contribution is -0.119. The average molecular weight is 383 g/mol. The second kappa shape index (κ2) is 7.72. The standard InChI is InChI=1S/C20H19ClN4O2/c1-12-4-5-13(2)17(10-12)23-19(26)14(3)25-20(27)24-18(11-22-25)15-6-8-16(21)9-7-15/h4-11,14H,1-3H3,(H,23,26). The maximum absolute atomic E-state index is 12.6. The molecule has 3 aromatic rings. The van der Waals surface area contributed by atoms with E-state index in [4.69, 9.17) is 11.6 Å². The number of hydrogen-bond acceptors (Lipinski definition) is 4. The zero-order valence-electron chi connectivity index (χ0n) is 15.2. The minimum atomic E-state index is -0.802. The Morgan fingerprint density at radius 3 is 2.52 bits per heavy atom. The van der Waals surface area contributed by atoms with Gasteiger partial charge in [0.25, 0.3) is 0 Å². The molecule has 1 N–H and O–H groups in total. The third kappa shape index (κ3) is 4.23. The molecule has 0 spiro atoms. The van der Waals surface area contributed by atoms with E-state index in [0.717, 1.165) is 21.4 Å². The van der Waals surface area contributed by atoms with Crippen LogP contribution in [0.25, 0.3) is 11.3 Å². The van der Waals surface area contributed by atoms with Gasteiger partial charge in [0.15, 0.2) is 0 Å². The highest BCUT2D eigenvalue weighted by Crippen LogP contribution is 2.19. The molecule has 0 aliphatic heterocycles. The number of benzene rings is 2. The predicted octanol–water partition coefficient (Wildman–Crippen LogP) is 3.78. The molecule has 0 bridgehead atoms. The van der Waals surface area contributed by atoms with Crippen LogP contribution in [-0.2, 0) is 4.79 Å². The Morgan fingerprint density at radius 2 is 1.85 bits per heavy atom. The summed E-state index contributed by atoms with van der Waals surface area (Å²) in [5.74, 6) is -0.334. The minimum Gasteiger partial charge on any atom is -0.324 e. The summed E-state index contributed by atoms with van der Waals surface area (Å²) in [5, 5.41) is 7.57. The van der Waals surface area contributed by atoms with E-state index in [1.165, 1.54) is 6.20 Å². The first kappa shape index (κ1) is 18.8. The molecule has 27 heavy (non-hydrogen) atoms. The summed E-state index contributed by atoms with van der Waals surface area (Å²) in [6, 6.07) is 11.9. The first-order chi connectivity index (χ1) is 12.8. The molecule has 0 fully saturated rings. The SMILES string of the molecule is Cc1ccc(C)c(NC(=O)C(C)n2ncc(-c3ccc(Cl)cc3)nc2=O)c1. The van der Waals surface area contributed by atoms with Gasteiger partial charge in [0.2, 0.25) is 5.91 Å². The molecular weight excluding hydrogens is 364 g/mol. The normalized spacial score (nSPS) is 11.9. The molecule has 2 aromatic carbocycles. The van der Waals surface area contributed by atoms with Crippen LogP contribution in [-0.4, -0.2) is 20.7 Å². The van der Waals surface area contributed by atoms with Gasteiger partial charge in [0.05, 0.1) is 11.9 Å². The number of carbonyl (C=O) groups is 1. The first-order valence-corrected chi connectivity index (χ1v) is 8.83. The Balaban J connectivity index is 1.83. The van der Waals surface area contributed by atoms with E-state index in [1.54, 1.807) is 31.2 Å². The number of anilines is 1. The summed E-state index contributed by atoms with van der Waals surface area (Å²) in [7, 11) is 0. The Bertz CT molecular complexity index is 1040. The third-order valence-electron chi connectivity index (χ3n) is 4.25. The average Bonchev–Trinajstić information content (AvgIpc) is 2.64. The highest BCUT2D eigenvalue weighted by Gasteiger charge is 2.19. The van der Waals surface area contributed by atoms with Gasteiger partial charge < -0.3 is 5.32 Å². The van der Waals surface area contributed by atoms with Crippen LogP contribution in [0.2, 0.25) is 5.02 Å². The molecular formula is C20H19ClN4O2. The van der Waals surface area contributed by atoms with Gasteiger partial charge in [-0.25, -0.2) is 9.48 Å². The van der Waals surface area contributed by atoms with Crippen LogP contribution in [0.1, 0.15) is 24.1 Å². The molecule has 1 unspecified atom stereocenters. The van der Waals surface area contributed by atoms with Crippen LogP contribution in [0.3, 0.4) is 0 Å². The van der Waals surface area contributed by atoms with Crippen LogP contribution in [0.5, 0.6) is 0 Å². The zero-order valence-corrected chi connectivity index (χ0v) is 16.0. The van der Waals surface area contributed by atoms with Crippen molar-refractivity contribution in [2.24, 2.45) is 0 Å². The van der Waals surface area contributed by atoms with Gasteiger partial charge in [-0.15, -0.1) is 0 Å². The fraction of sp³-hybridized carbons (Fsp3) is 0.200. The van der Waals surface area contributed by atoms with E-state index in [0.29, 0.717) is 16.4 Å². The second-order valence-corrected chi connectivity index (χ2v) is 6.80. The van der Waals surface area contributed by atoms with Gasteiger partial charge in [-0.05, 0) is 50.1 Å². The lowest BCUT2D eigenvalue weighted by Crippen LogP contribution is -2.35. The Labute approximate surface area is 161 Å². The smallest absolute Gasteiger partial charge is 0.324 e. The van der Waals surface area contributed by atoms with Gasteiger partial charge in [0.1, 0.15) is 6.04 Å². The van der Waals surface area contributed by atoms with Crippen LogP contribution in [0.4, 0.5) is 5.69 Å². The van der Waals surface area contributed by atoms with E-state index in [-0.39, 0.29) is 5.91 Å². The largest absolute Gasteiger partial charge is 0.365 e. The molecule has 1 aromatic heterocycles. The summed E-state index contributed by atoms with van der Waals surface area (Å²) in [4.78, 5) is 29.0. The van der Waals surface area contributed by atoms with Gasteiger partial charge >= 0.3 is 5.69 Å². The van der Waals surface area contributed by atoms with E-state index in [2.05, 4.69) is 15.4 Å². The number of carbonyl (C=O) groups excluding carboxylic acids is 1. The van der Waals surface area contributed by atoms with E-state index >= 15 is 0 Å². The van der Waals surface area contributed by atoms with Crippen molar-refractivity contribution in [3.63, 3.8) is 0 Å². The first-order valence-electron chi connectivity index (χ1n) is 8.45. The summed E-state index contributed by atoms with van der Waals surface area (Å²) < 4.78 is 1.07. The molecule has 3 rings (SSSR count). The third-order valence-corrected chi connectivity index (χ3v) is 4.51. The maximum atomic E-state index is 12.6. The predicted molar refractivity (Wildman–Crippen MR) is 106 cm³/mol. The van der Waals surface area contributed by atoms with Crippen molar-refractivity contribution in [3.05, 3.63) is 75.3 Å². The van der Waals surface area contributed by atoms with Gasteiger partial charge in [0, 0.05) is 16.3 Å². The van der Waals surface area contributed by atoms with Crippen molar-refractivity contribution in [2.75, 3.05) is 5.32 Å². The fourth-order valence-electron chi connectivity index (χ4n) is 2.59. The van der Waals surface area contributed by atoms with Crippen molar-refractivity contribution in [1.82, 2.24) is 14.8 Å². The molecule has 0 saturated heterocycles. The summed E-state index contributed by atoms with van der Waals surface area (Å²) in [5.41, 5.74) is 3.25. The molecule has 138 valence electrons. The highest BCUT2D eigenvalue weighted by atomic mass is 35.5. The summed E-state index contributed by atoms with van der Waals surface area (Å²) >= 11 is 5.87. The number of halogens is 1. The molecule has 7 heteroatoms. The van der Waals surface area contributed by atoms with E-state index < -0.39 is 11.7 Å². The topological polar surface area (TPSA) is 76.9 Å². The quantitative estimate of drug-likeness (QED) is 0.745. The summed E-state index contributed by atoms with van der Waals surface area (Å²) in [6.07, 6.45) is 1.46. The van der Waals surface area contributed by atoms with E-state index in [1.807, 2.05) is 32.0 Å². The van der Waals surface area contributed by atoms with Crippen molar-refractivity contribution in [3.8, 4) is 11.3 Å². The number of nitrogens with zero attached hydrogens (tertiary/aromatic N) is 3. The van der Waals surface area contributed by atoms with Gasteiger partial charge in [-0.2, -0.15) is 10.1 Å². The Morgan fingerprint density at radius 1 is 1.15 bits per heavy atom. The van der Waals surface area contributed by atoms with Crippen LogP contribution >= 0.6 is 11.6 Å². The fourth-order valence-corrected chi connectivity index (χ4v) is 2.72. The molecule has 0 aliphatic carbocycles. The zero-order chi connectivity index (χ0) is 19.6. The maximum Gasteiger partial charge on any atom is 0.365 e. The monoisotopic (exact) mass is 382 g/mol. The second-order valence-electron chi connectivity index (χ2n) is 6.36. The Hall–Kier alpha value is -2.99.